The Morgan fingerprint density at radius 1 is 1.15 bits per heavy atom. The second-order valence-electron chi connectivity index (χ2n) is 4.90. The maximum atomic E-state index is 5.88. The van der Waals surface area contributed by atoms with Crippen molar-refractivity contribution in [3.8, 4) is 5.75 Å². The van der Waals surface area contributed by atoms with Gasteiger partial charge in [-0.05, 0) is 50.7 Å². The Morgan fingerprint density at radius 2 is 1.90 bits per heavy atom. The summed E-state index contributed by atoms with van der Waals surface area (Å²) in [6.45, 7) is 8.22. The number of benzene rings is 1. The Morgan fingerprint density at radius 3 is 2.55 bits per heavy atom. The van der Waals surface area contributed by atoms with Gasteiger partial charge in [-0.15, -0.1) is 0 Å². The first-order valence-electron chi connectivity index (χ1n) is 6.61. The zero-order valence-corrected chi connectivity index (χ0v) is 13.3. The minimum atomic E-state index is -0.799. The van der Waals surface area contributed by atoms with Crippen molar-refractivity contribution in [2.45, 2.75) is 26.9 Å². The molecule has 20 heavy (non-hydrogen) atoms. The number of para-hydroxylation sites is 2. The van der Waals surface area contributed by atoms with Crippen molar-refractivity contribution in [3.05, 3.63) is 53.9 Å². The van der Waals surface area contributed by atoms with E-state index in [0.717, 1.165) is 28.4 Å². The summed E-state index contributed by atoms with van der Waals surface area (Å²) in [7, 11) is -0.799. The highest BCUT2D eigenvalue weighted by Crippen LogP contribution is 2.28. The third-order valence-electron chi connectivity index (χ3n) is 2.75. The molecule has 0 aliphatic heterocycles. The first-order valence-corrected chi connectivity index (χ1v) is 9.02. The molecule has 0 atom stereocenters. The highest BCUT2D eigenvalue weighted by molar-refractivity contribution is 6.49. The van der Waals surface area contributed by atoms with E-state index in [9.17, 15) is 0 Å². The van der Waals surface area contributed by atoms with Crippen molar-refractivity contribution < 1.29 is 4.43 Å². The topological polar surface area (TPSA) is 34.5 Å². The lowest BCUT2D eigenvalue weighted by atomic mass is 10.2. The Kier molecular flexibility index (Phi) is 4.68. The van der Waals surface area contributed by atoms with E-state index in [1.54, 1.807) is 0 Å². The predicted molar refractivity (Wildman–Crippen MR) is 85.4 cm³/mol. The highest BCUT2D eigenvalue weighted by Gasteiger charge is 2.06. The van der Waals surface area contributed by atoms with Crippen molar-refractivity contribution in [2.75, 3.05) is 0 Å². The second kappa shape index (κ2) is 6.48. The third kappa shape index (κ3) is 3.77. The molecular weight excluding hydrogens is 264 g/mol. The van der Waals surface area contributed by atoms with Gasteiger partial charge >= 0.3 is 0 Å². The van der Waals surface area contributed by atoms with Gasteiger partial charge in [0.1, 0.15) is 11.4 Å². The van der Waals surface area contributed by atoms with E-state index in [1.165, 1.54) is 0 Å². The van der Waals surface area contributed by atoms with Crippen LogP contribution in [0.3, 0.4) is 0 Å². The van der Waals surface area contributed by atoms with Crippen LogP contribution < -0.4 is 4.43 Å². The van der Waals surface area contributed by atoms with Crippen LogP contribution >= 0.6 is 0 Å². The number of rotatable bonds is 4. The molecule has 0 unspecified atom stereocenters. The smallest absolute Gasteiger partial charge is 0.274 e. The van der Waals surface area contributed by atoms with Crippen LogP contribution in [-0.4, -0.2) is 19.7 Å². The van der Waals surface area contributed by atoms with Crippen molar-refractivity contribution in [1.29, 1.82) is 0 Å². The minimum absolute atomic E-state index is 0.799. The molecule has 1 radical (unpaired) electrons. The number of aryl methyl sites for hydroxylation is 1. The van der Waals surface area contributed by atoms with Gasteiger partial charge in [0, 0.05) is 6.20 Å². The molecule has 0 aliphatic rings. The normalized spacial score (nSPS) is 11.8. The fourth-order valence-electron chi connectivity index (χ4n) is 1.78. The Balaban J connectivity index is 2.32. The van der Waals surface area contributed by atoms with E-state index in [4.69, 9.17) is 4.43 Å². The van der Waals surface area contributed by atoms with Gasteiger partial charge in [-0.1, -0.05) is 18.2 Å². The highest BCUT2D eigenvalue weighted by atomic mass is 28.3. The number of pyridine rings is 1. The van der Waals surface area contributed by atoms with Crippen LogP contribution in [0.5, 0.6) is 5.75 Å². The average Bonchev–Trinajstić information content (AvgIpc) is 2.41. The van der Waals surface area contributed by atoms with Crippen LogP contribution in [0, 0.1) is 6.92 Å². The molecule has 2 aromatic rings. The average molecular weight is 283 g/mol. The summed E-state index contributed by atoms with van der Waals surface area (Å²) in [6.07, 6.45) is 1.86. The van der Waals surface area contributed by atoms with Crippen molar-refractivity contribution in [1.82, 2.24) is 4.98 Å². The van der Waals surface area contributed by atoms with Gasteiger partial charge in [-0.3, -0.25) is 4.98 Å². The minimum Gasteiger partial charge on any atom is -0.541 e. The van der Waals surface area contributed by atoms with E-state index in [2.05, 4.69) is 23.1 Å². The lowest BCUT2D eigenvalue weighted by Gasteiger charge is -2.11. The van der Waals surface area contributed by atoms with Crippen molar-refractivity contribution in [2.24, 2.45) is 4.99 Å². The molecule has 4 heteroatoms. The molecule has 0 amide bonds. The summed E-state index contributed by atoms with van der Waals surface area (Å²) >= 11 is 0. The molecule has 0 aliphatic carbocycles. The maximum absolute atomic E-state index is 5.88. The molecule has 0 fully saturated rings. The van der Waals surface area contributed by atoms with Gasteiger partial charge in [0.05, 0.1) is 11.4 Å². The van der Waals surface area contributed by atoms with Gasteiger partial charge in [-0.25, -0.2) is 4.99 Å². The van der Waals surface area contributed by atoms with E-state index >= 15 is 0 Å². The van der Waals surface area contributed by atoms with Gasteiger partial charge in [0.25, 0.3) is 9.04 Å². The number of hydrogen-bond acceptors (Lipinski definition) is 3. The van der Waals surface area contributed by atoms with E-state index < -0.39 is 9.04 Å². The monoisotopic (exact) mass is 283 g/mol. The van der Waals surface area contributed by atoms with Crippen LogP contribution in [0.25, 0.3) is 0 Å². The van der Waals surface area contributed by atoms with Gasteiger partial charge in [0.2, 0.25) is 0 Å². The molecule has 3 nitrogen and oxygen atoms in total. The molecule has 1 aromatic carbocycles. The molecule has 0 N–H and O–H groups in total. The van der Waals surface area contributed by atoms with Crippen LogP contribution in [0.15, 0.2) is 47.6 Å². The van der Waals surface area contributed by atoms with Crippen molar-refractivity contribution >= 4 is 20.4 Å². The first-order chi connectivity index (χ1) is 9.56. The molecule has 103 valence electrons. The zero-order valence-electron chi connectivity index (χ0n) is 12.3. The molecular formula is C16H19N2OSi. The summed E-state index contributed by atoms with van der Waals surface area (Å²) in [4.78, 5) is 9.06. The van der Waals surface area contributed by atoms with E-state index in [1.807, 2.05) is 56.4 Å². The summed E-state index contributed by atoms with van der Waals surface area (Å²) in [5.74, 6) is 0.845. The van der Waals surface area contributed by atoms with Crippen LogP contribution in [-0.2, 0) is 0 Å². The summed E-state index contributed by atoms with van der Waals surface area (Å²) in [6, 6.07) is 11.9. The molecule has 2 rings (SSSR count). The number of aromatic nitrogens is 1. The molecule has 0 spiro atoms. The van der Waals surface area contributed by atoms with Gasteiger partial charge in [0.15, 0.2) is 0 Å². The van der Waals surface area contributed by atoms with E-state index in [-0.39, 0.29) is 0 Å². The lowest BCUT2D eigenvalue weighted by Crippen LogP contribution is -2.11. The summed E-state index contributed by atoms with van der Waals surface area (Å²) < 4.78 is 5.88. The molecule has 0 bridgehead atoms. The SMILES string of the molecule is CC(=Nc1ccccc1O[Si](C)C)c1ccc(C)cn1. The number of nitrogens with zero attached hydrogens (tertiary/aromatic N) is 2. The number of hydrogen-bond donors (Lipinski definition) is 0. The lowest BCUT2D eigenvalue weighted by molar-refractivity contribution is 0.582. The van der Waals surface area contributed by atoms with Gasteiger partial charge in [-0.2, -0.15) is 0 Å². The zero-order chi connectivity index (χ0) is 14.5. The summed E-state index contributed by atoms with van der Waals surface area (Å²) in [5, 5.41) is 0. The fourth-order valence-corrected chi connectivity index (χ4v) is 2.39. The third-order valence-corrected chi connectivity index (χ3v) is 3.38. The summed E-state index contributed by atoms with van der Waals surface area (Å²) in [5.41, 5.74) is 3.79. The second-order valence-corrected chi connectivity index (χ2v) is 6.92. The number of aliphatic imine (C=N–C) groups is 1. The maximum Gasteiger partial charge on any atom is 0.274 e. The molecule has 1 aromatic heterocycles. The standard InChI is InChI=1S/C16H19N2OSi/c1-12-9-10-14(17-11-12)13(2)18-15-7-5-6-8-16(15)19-20(3)4/h5-11H,1-4H3. The van der Waals surface area contributed by atoms with Crippen LogP contribution in [0.2, 0.25) is 13.1 Å². The first kappa shape index (κ1) is 14.5. The predicted octanol–water partition coefficient (Wildman–Crippen LogP) is 4.16. The van der Waals surface area contributed by atoms with Crippen LogP contribution in [0.1, 0.15) is 18.2 Å². The van der Waals surface area contributed by atoms with Crippen molar-refractivity contribution in [3.63, 3.8) is 0 Å². The Labute approximate surface area is 122 Å². The molecule has 1 heterocycles. The van der Waals surface area contributed by atoms with Crippen LogP contribution in [0.4, 0.5) is 5.69 Å². The quantitative estimate of drug-likeness (QED) is 0.623. The molecule has 0 saturated heterocycles. The Bertz CT molecular complexity index is 606. The fraction of sp³-hybridized carbons (Fsp3) is 0.250. The van der Waals surface area contributed by atoms with E-state index in [0.29, 0.717) is 0 Å². The van der Waals surface area contributed by atoms with Gasteiger partial charge < -0.3 is 4.43 Å². The Hall–Kier alpha value is -1.94. The molecule has 0 saturated carbocycles. The largest absolute Gasteiger partial charge is 0.541 e.